The van der Waals surface area contributed by atoms with E-state index in [-0.39, 0.29) is 17.5 Å². The van der Waals surface area contributed by atoms with Crippen molar-refractivity contribution in [2.24, 2.45) is 5.10 Å². The van der Waals surface area contributed by atoms with Crippen LogP contribution < -0.4 is 15.0 Å². The third-order valence-electron chi connectivity index (χ3n) is 5.93. The molecule has 5 rings (SSSR count). The normalized spacial score (nSPS) is 12.5. The molecule has 0 unspecified atom stereocenters. The van der Waals surface area contributed by atoms with Gasteiger partial charge in [0.15, 0.2) is 17.3 Å². The lowest BCUT2D eigenvalue weighted by Gasteiger charge is -2.18. The highest BCUT2D eigenvalue weighted by Crippen LogP contribution is 2.35. The fraction of sp³-hybridized carbons (Fsp3) is 0.179. The highest BCUT2D eigenvalue weighted by molar-refractivity contribution is 6.31. The first-order valence-electron chi connectivity index (χ1n) is 11.7. The summed E-state index contributed by atoms with van der Waals surface area (Å²) >= 11 is 12.5. The van der Waals surface area contributed by atoms with Gasteiger partial charge >= 0.3 is 0 Å². The van der Waals surface area contributed by atoms with Crippen LogP contribution in [0.2, 0.25) is 10.0 Å². The first-order chi connectivity index (χ1) is 17.9. The molecule has 7 nitrogen and oxygen atoms in total. The summed E-state index contributed by atoms with van der Waals surface area (Å²) in [6.45, 7) is 3.98. The van der Waals surface area contributed by atoms with Gasteiger partial charge in [-0.05, 0) is 55.8 Å². The molecule has 2 aromatic heterocycles. The van der Waals surface area contributed by atoms with Crippen LogP contribution >= 0.6 is 23.2 Å². The molecule has 0 saturated heterocycles. The Balaban J connectivity index is 1.71. The molecule has 0 radical (unpaired) electrons. The van der Waals surface area contributed by atoms with Crippen LogP contribution in [0.15, 0.2) is 75.0 Å². The van der Waals surface area contributed by atoms with E-state index in [0.29, 0.717) is 49.4 Å². The Morgan fingerprint density at radius 1 is 1.11 bits per heavy atom. The first-order valence-corrected chi connectivity index (χ1v) is 12.4. The third-order valence-corrected chi connectivity index (χ3v) is 6.38. The fourth-order valence-electron chi connectivity index (χ4n) is 3.88. The zero-order chi connectivity index (χ0) is 26.1. The molecule has 2 heterocycles. The van der Waals surface area contributed by atoms with Gasteiger partial charge in [0.1, 0.15) is 5.58 Å². The molecule has 37 heavy (non-hydrogen) atoms. The molecule has 0 N–H and O–H groups in total. The Morgan fingerprint density at radius 2 is 1.92 bits per heavy atom. The predicted molar refractivity (Wildman–Crippen MR) is 148 cm³/mol. The number of furan rings is 1. The van der Waals surface area contributed by atoms with Gasteiger partial charge in [0.25, 0.3) is 5.56 Å². The van der Waals surface area contributed by atoms with E-state index < -0.39 is 0 Å². The van der Waals surface area contributed by atoms with Crippen LogP contribution in [0.4, 0.5) is 0 Å². The van der Waals surface area contributed by atoms with Gasteiger partial charge in [0.05, 0.1) is 30.3 Å². The van der Waals surface area contributed by atoms with Crippen LogP contribution in [0.5, 0.6) is 11.5 Å². The highest BCUT2D eigenvalue weighted by Gasteiger charge is 2.18. The standard InChI is InChI=1S/C28H23Cl2N3O4/c1-4-16(2)36-26-18(12-20(30)14-24(26)35-3)15-31-33-27(32-22-8-6-5-7-21(22)28(33)34)25-13-17-11-19(29)9-10-23(17)37-25/h5-16H,4H2,1-3H3/t16-/m0/s1. The molecule has 0 saturated carbocycles. The molecule has 1 atom stereocenters. The number of hydrogen-bond donors (Lipinski definition) is 0. The summed E-state index contributed by atoms with van der Waals surface area (Å²) in [5.41, 5.74) is 1.33. The van der Waals surface area contributed by atoms with Crippen molar-refractivity contribution in [2.45, 2.75) is 26.4 Å². The minimum absolute atomic E-state index is 0.0785. The molecule has 0 fully saturated rings. The van der Waals surface area contributed by atoms with E-state index >= 15 is 0 Å². The largest absolute Gasteiger partial charge is 0.493 e. The maximum atomic E-state index is 13.6. The van der Waals surface area contributed by atoms with Crippen LogP contribution in [-0.4, -0.2) is 29.1 Å². The molecule has 0 bridgehead atoms. The Morgan fingerprint density at radius 3 is 2.70 bits per heavy atom. The smallest absolute Gasteiger partial charge is 0.282 e. The van der Waals surface area contributed by atoms with Gasteiger partial charge in [-0.1, -0.05) is 42.3 Å². The van der Waals surface area contributed by atoms with Crippen LogP contribution in [0, 0.1) is 0 Å². The number of para-hydroxylation sites is 1. The van der Waals surface area contributed by atoms with Crippen LogP contribution in [-0.2, 0) is 0 Å². The number of halogens is 2. The van der Waals surface area contributed by atoms with Crippen molar-refractivity contribution >= 4 is 51.3 Å². The van der Waals surface area contributed by atoms with E-state index in [1.54, 1.807) is 61.7 Å². The molecule has 5 aromatic rings. The van der Waals surface area contributed by atoms with Gasteiger partial charge in [-0.3, -0.25) is 4.79 Å². The molecule has 9 heteroatoms. The lowest BCUT2D eigenvalue weighted by molar-refractivity contribution is 0.207. The Labute approximate surface area is 222 Å². The SMILES string of the molecule is CC[C@H](C)Oc1c(C=Nn2c(-c3cc4cc(Cl)ccc4o3)nc3ccccc3c2=O)cc(Cl)cc1OC. The van der Waals surface area contributed by atoms with Crippen molar-refractivity contribution in [1.29, 1.82) is 0 Å². The number of benzene rings is 3. The molecule has 3 aromatic carbocycles. The molecular weight excluding hydrogens is 513 g/mol. The van der Waals surface area contributed by atoms with Crippen molar-refractivity contribution in [3.05, 3.63) is 86.6 Å². The van der Waals surface area contributed by atoms with E-state index in [1.165, 1.54) is 10.9 Å². The number of fused-ring (bicyclic) bond motifs is 2. The van der Waals surface area contributed by atoms with Crippen molar-refractivity contribution in [3.8, 4) is 23.1 Å². The average molecular weight is 536 g/mol. The lowest BCUT2D eigenvalue weighted by Crippen LogP contribution is -2.20. The van der Waals surface area contributed by atoms with Gasteiger partial charge in [-0.15, -0.1) is 0 Å². The summed E-state index contributed by atoms with van der Waals surface area (Å²) in [6, 6.07) is 17.5. The van der Waals surface area contributed by atoms with E-state index in [9.17, 15) is 4.79 Å². The second kappa shape index (κ2) is 10.3. The first kappa shape index (κ1) is 24.9. The lowest BCUT2D eigenvalue weighted by atomic mass is 10.2. The van der Waals surface area contributed by atoms with E-state index in [2.05, 4.69) is 5.10 Å². The summed E-state index contributed by atoms with van der Waals surface area (Å²) in [5.74, 6) is 1.56. The maximum absolute atomic E-state index is 13.6. The van der Waals surface area contributed by atoms with Crippen molar-refractivity contribution in [3.63, 3.8) is 0 Å². The second-order valence-electron chi connectivity index (χ2n) is 8.47. The van der Waals surface area contributed by atoms with Crippen molar-refractivity contribution in [1.82, 2.24) is 9.66 Å². The van der Waals surface area contributed by atoms with E-state index in [1.807, 2.05) is 19.9 Å². The van der Waals surface area contributed by atoms with Gasteiger partial charge < -0.3 is 13.9 Å². The summed E-state index contributed by atoms with van der Waals surface area (Å²) in [6.07, 6.45) is 2.22. The molecule has 0 aliphatic carbocycles. The predicted octanol–water partition coefficient (Wildman–Crippen LogP) is 7.18. The summed E-state index contributed by atoms with van der Waals surface area (Å²) in [4.78, 5) is 18.3. The summed E-state index contributed by atoms with van der Waals surface area (Å²) < 4.78 is 18.9. The van der Waals surface area contributed by atoms with Crippen LogP contribution in [0.25, 0.3) is 33.5 Å². The number of methoxy groups -OCH3 is 1. The molecule has 0 aliphatic heterocycles. The fourth-order valence-corrected chi connectivity index (χ4v) is 4.28. The Bertz CT molecular complexity index is 1710. The van der Waals surface area contributed by atoms with Gasteiger partial charge in [0.2, 0.25) is 5.82 Å². The number of ether oxygens (including phenoxy) is 2. The molecule has 0 aliphatic rings. The minimum atomic E-state index is -0.353. The Hall–Kier alpha value is -3.81. The molecular formula is C28H23Cl2N3O4. The van der Waals surface area contributed by atoms with Gasteiger partial charge in [-0.2, -0.15) is 9.78 Å². The second-order valence-corrected chi connectivity index (χ2v) is 9.34. The van der Waals surface area contributed by atoms with Crippen molar-refractivity contribution in [2.75, 3.05) is 7.11 Å². The number of nitrogens with zero attached hydrogens (tertiary/aromatic N) is 3. The molecule has 0 spiro atoms. The van der Waals surface area contributed by atoms with Crippen LogP contribution in [0.3, 0.4) is 0 Å². The quantitative estimate of drug-likeness (QED) is 0.206. The maximum Gasteiger partial charge on any atom is 0.282 e. The highest BCUT2D eigenvalue weighted by atomic mass is 35.5. The average Bonchev–Trinajstić information content (AvgIpc) is 3.32. The monoisotopic (exact) mass is 535 g/mol. The summed E-state index contributed by atoms with van der Waals surface area (Å²) in [5, 5.41) is 6.75. The third kappa shape index (κ3) is 4.92. The Kier molecular flexibility index (Phi) is 6.91. The van der Waals surface area contributed by atoms with E-state index in [4.69, 9.17) is 42.1 Å². The number of hydrogen-bond acceptors (Lipinski definition) is 6. The number of rotatable bonds is 7. The van der Waals surface area contributed by atoms with Crippen LogP contribution in [0.1, 0.15) is 25.8 Å². The minimum Gasteiger partial charge on any atom is -0.493 e. The number of aromatic nitrogens is 2. The van der Waals surface area contributed by atoms with Gasteiger partial charge in [0, 0.05) is 27.1 Å². The zero-order valence-corrected chi connectivity index (χ0v) is 21.9. The van der Waals surface area contributed by atoms with Crippen molar-refractivity contribution < 1.29 is 13.9 Å². The molecule has 188 valence electrons. The molecule has 0 amide bonds. The zero-order valence-electron chi connectivity index (χ0n) is 20.4. The summed E-state index contributed by atoms with van der Waals surface area (Å²) in [7, 11) is 1.54. The topological polar surface area (TPSA) is 78.9 Å². The van der Waals surface area contributed by atoms with E-state index in [0.717, 1.165) is 11.8 Å². The van der Waals surface area contributed by atoms with Gasteiger partial charge in [-0.25, -0.2) is 4.98 Å².